The number of hydrogen-bond donors (Lipinski definition) is 2. The van der Waals surface area contributed by atoms with E-state index in [0.29, 0.717) is 61.7 Å². The summed E-state index contributed by atoms with van der Waals surface area (Å²) >= 11 is 12.7. The lowest BCUT2D eigenvalue weighted by atomic mass is 9.49. The summed E-state index contributed by atoms with van der Waals surface area (Å²) in [5.74, 6) is -7.91. The maximum absolute atomic E-state index is 15.5. The van der Waals surface area contributed by atoms with Crippen LogP contribution in [0.3, 0.4) is 0 Å². The van der Waals surface area contributed by atoms with Crippen molar-refractivity contribution >= 4 is 69.4 Å². The zero-order valence-electron chi connectivity index (χ0n) is 32.8. The summed E-state index contributed by atoms with van der Waals surface area (Å²) in [6.45, 7) is 0. The highest BCUT2D eigenvalue weighted by molar-refractivity contribution is 6.33. The zero-order valence-corrected chi connectivity index (χ0v) is 34.3. The molecule has 17 heteroatoms. The molecular weight excluding hydrogens is 862 g/mol. The maximum Gasteiger partial charge on any atom is 0.417 e. The predicted molar refractivity (Wildman–Crippen MR) is 223 cm³/mol. The molecule has 4 aromatic carbocycles. The smallest absolute Gasteiger partial charge is 0.417 e. The number of halogens is 5. The quantitative estimate of drug-likeness (QED) is 0.117. The van der Waals surface area contributed by atoms with Gasteiger partial charge in [0.15, 0.2) is 11.4 Å². The second-order valence-electron chi connectivity index (χ2n) is 15.9. The minimum Gasteiger partial charge on any atom is -0.508 e. The third-order valence-electron chi connectivity index (χ3n) is 12.8. The molecule has 6 aromatic rings. The first-order valence-electron chi connectivity index (χ1n) is 19.8. The minimum absolute atomic E-state index is 0.0848. The topological polar surface area (TPSA) is 155 Å². The SMILES string of the molecule is COc1cccc(O)c1C1C2=CCC3C(=O)N(c4ccc(-c5nc6ccccc6o5)cc4)C(=O)C3C2CC2C(=O)N(Nc3ncc(C(F)(F)F)cc3Cl)C(=O)C21c1ccc(Cl)cc1. The monoisotopic (exact) mass is 893 g/mol. The number of anilines is 2. The van der Waals surface area contributed by atoms with Crippen molar-refractivity contribution in [3.05, 3.63) is 142 Å². The van der Waals surface area contributed by atoms with Crippen LogP contribution in [0.15, 0.2) is 119 Å². The molecule has 0 spiro atoms. The molecule has 2 aliphatic carbocycles. The van der Waals surface area contributed by atoms with E-state index in [1.54, 1.807) is 66.7 Å². The molecule has 4 amide bonds. The van der Waals surface area contributed by atoms with Crippen LogP contribution in [0.4, 0.5) is 24.7 Å². The number of fused-ring (bicyclic) bond motifs is 5. The van der Waals surface area contributed by atoms with Crippen LogP contribution >= 0.6 is 23.2 Å². The van der Waals surface area contributed by atoms with Gasteiger partial charge in [0.25, 0.3) is 11.8 Å². The Morgan fingerprint density at radius 2 is 1.65 bits per heavy atom. The molecule has 63 heavy (non-hydrogen) atoms. The molecule has 6 unspecified atom stereocenters. The summed E-state index contributed by atoms with van der Waals surface area (Å²) in [6.07, 6.45) is -2.49. The molecular formula is C46H32Cl2F3N5O7. The van der Waals surface area contributed by atoms with Crippen molar-refractivity contribution in [2.45, 2.75) is 30.4 Å². The number of benzene rings is 4. The number of allylic oxidation sites excluding steroid dienone is 2. The number of nitrogens with zero attached hydrogens (tertiary/aromatic N) is 4. The summed E-state index contributed by atoms with van der Waals surface area (Å²) < 4.78 is 52.5. The van der Waals surface area contributed by atoms with Crippen molar-refractivity contribution in [1.29, 1.82) is 0 Å². The van der Waals surface area contributed by atoms with Crippen LogP contribution in [0.2, 0.25) is 10.0 Å². The van der Waals surface area contributed by atoms with E-state index in [1.165, 1.54) is 13.2 Å². The summed E-state index contributed by atoms with van der Waals surface area (Å²) in [6, 6.07) is 25.4. The van der Waals surface area contributed by atoms with Gasteiger partial charge in [0.05, 0.1) is 46.6 Å². The van der Waals surface area contributed by atoms with E-state index >= 15 is 9.59 Å². The Kier molecular flexibility index (Phi) is 9.42. The summed E-state index contributed by atoms with van der Waals surface area (Å²) in [4.78, 5) is 69.3. The number of carbonyl (C=O) groups is 4. The maximum atomic E-state index is 15.5. The fourth-order valence-electron chi connectivity index (χ4n) is 10.1. The van der Waals surface area contributed by atoms with E-state index in [9.17, 15) is 27.9 Å². The van der Waals surface area contributed by atoms with Crippen molar-refractivity contribution in [2.24, 2.45) is 23.7 Å². The largest absolute Gasteiger partial charge is 0.508 e. The Morgan fingerprint density at radius 1 is 0.905 bits per heavy atom. The van der Waals surface area contributed by atoms with Gasteiger partial charge in [-0.3, -0.25) is 29.5 Å². The first-order valence-corrected chi connectivity index (χ1v) is 20.5. The molecule has 2 saturated heterocycles. The number of alkyl halides is 3. The Labute approximate surface area is 365 Å². The van der Waals surface area contributed by atoms with Crippen molar-refractivity contribution in [3.8, 4) is 23.0 Å². The highest BCUT2D eigenvalue weighted by atomic mass is 35.5. The number of hydrazine groups is 1. The average molecular weight is 895 g/mol. The van der Waals surface area contributed by atoms with E-state index in [2.05, 4.69) is 15.4 Å². The zero-order chi connectivity index (χ0) is 44.1. The highest BCUT2D eigenvalue weighted by Crippen LogP contribution is 2.66. The molecule has 6 atom stereocenters. The van der Waals surface area contributed by atoms with E-state index in [0.717, 1.165) is 4.90 Å². The second kappa shape index (κ2) is 14.7. The van der Waals surface area contributed by atoms with Gasteiger partial charge < -0.3 is 14.3 Å². The number of amides is 4. The molecule has 2 aromatic heterocycles. The number of hydrogen-bond acceptors (Lipinski definition) is 10. The van der Waals surface area contributed by atoms with Crippen LogP contribution in [0.25, 0.3) is 22.6 Å². The number of aromatic nitrogens is 2. The normalized spacial score (nSPS) is 24.3. The lowest BCUT2D eigenvalue weighted by Gasteiger charge is -2.50. The van der Waals surface area contributed by atoms with Gasteiger partial charge in [-0.1, -0.05) is 65.2 Å². The van der Waals surface area contributed by atoms with Gasteiger partial charge in [-0.05, 0) is 91.1 Å². The van der Waals surface area contributed by atoms with Crippen LogP contribution in [0.1, 0.15) is 35.4 Å². The Morgan fingerprint density at radius 3 is 2.35 bits per heavy atom. The number of imide groups is 2. The Balaban J connectivity index is 1.09. The van der Waals surface area contributed by atoms with Gasteiger partial charge in [0.1, 0.15) is 17.0 Å². The molecule has 10 rings (SSSR count). The second-order valence-corrected chi connectivity index (χ2v) is 16.7. The fourth-order valence-corrected chi connectivity index (χ4v) is 10.4. The minimum atomic E-state index is -4.78. The number of aromatic hydroxyl groups is 1. The number of methoxy groups -OCH3 is 1. The summed E-state index contributed by atoms with van der Waals surface area (Å²) in [5.41, 5.74) is 2.75. The number of nitrogens with one attached hydrogen (secondary N) is 1. The number of carbonyl (C=O) groups excluding carboxylic acids is 4. The Bertz CT molecular complexity index is 2910. The van der Waals surface area contributed by atoms with Gasteiger partial charge in [-0.15, -0.1) is 0 Å². The third-order valence-corrected chi connectivity index (χ3v) is 13.3. The van der Waals surface area contributed by atoms with Gasteiger partial charge in [0.2, 0.25) is 17.7 Å². The van der Waals surface area contributed by atoms with Crippen molar-refractivity contribution in [3.63, 3.8) is 0 Å². The van der Waals surface area contributed by atoms with Crippen LogP contribution < -0.4 is 15.1 Å². The molecule has 3 fully saturated rings. The van der Waals surface area contributed by atoms with Gasteiger partial charge >= 0.3 is 6.18 Å². The molecule has 12 nitrogen and oxygen atoms in total. The van der Waals surface area contributed by atoms with Crippen LogP contribution in [0.5, 0.6) is 11.5 Å². The van der Waals surface area contributed by atoms with Crippen molar-refractivity contribution in [1.82, 2.24) is 15.0 Å². The molecule has 1 saturated carbocycles. The number of phenols is 1. The standard InChI is InChI=1S/C46H32Cl2F3N5O7/c1-62-35-8-4-6-33(57)37(35)38-27-17-18-28-36(43(60)55(41(28)58)26-15-9-22(10-16-26)40-53-32-5-2-3-7-34(32)63-40)29(27)20-30-42(59)56(44(61)45(30,38)23-11-13-25(47)14-12-23)54-39-31(48)19-24(21-52-39)46(49,50)51/h2-17,19,21,28-30,36,38,57H,18,20H2,1H3,(H,52,54). The first kappa shape index (κ1) is 40.4. The number of phenolic OH excluding ortho intramolecular Hbond substituents is 1. The fraction of sp³-hybridized carbons (Fsp3) is 0.217. The Hall–Kier alpha value is -6.71. The highest BCUT2D eigenvalue weighted by Gasteiger charge is 2.71. The molecule has 0 bridgehead atoms. The van der Waals surface area contributed by atoms with E-state index in [4.69, 9.17) is 32.4 Å². The lowest BCUT2D eigenvalue weighted by molar-refractivity contribution is -0.139. The molecule has 2 N–H and O–H groups in total. The predicted octanol–water partition coefficient (Wildman–Crippen LogP) is 9.12. The third kappa shape index (κ3) is 6.11. The number of rotatable bonds is 7. The van der Waals surface area contributed by atoms with E-state index in [1.807, 2.05) is 24.3 Å². The van der Waals surface area contributed by atoms with Crippen molar-refractivity contribution in [2.75, 3.05) is 17.4 Å². The van der Waals surface area contributed by atoms with E-state index in [-0.39, 0.29) is 29.9 Å². The summed E-state index contributed by atoms with van der Waals surface area (Å²) in [5, 5.41) is 12.3. The molecule has 0 radical (unpaired) electrons. The molecule has 4 aliphatic rings. The van der Waals surface area contributed by atoms with Crippen LogP contribution in [0, 0.1) is 23.7 Å². The summed E-state index contributed by atoms with van der Waals surface area (Å²) in [7, 11) is 1.39. The molecule has 2 aliphatic heterocycles. The number of pyridine rings is 1. The number of oxazole rings is 1. The average Bonchev–Trinajstić information content (AvgIpc) is 3.88. The van der Waals surface area contributed by atoms with Crippen LogP contribution in [-0.4, -0.2) is 50.8 Å². The first-order chi connectivity index (χ1) is 30.2. The van der Waals surface area contributed by atoms with Crippen LogP contribution in [-0.2, 0) is 30.8 Å². The van der Waals surface area contributed by atoms with Crippen molar-refractivity contribution < 1.29 is 46.6 Å². The van der Waals surface area contributed by atoms with Gasteiger partial charge in [0, 0.05) is 28.3 Å². The van der Waals surface area contributed by atoms with Gasteiger partial charge in [-0.25, -0.2) is 9.97 Å². The number of ether oxygens (including phenoxy) is 1. The lowest BCUT2D eigenvalue weighted by Crippen LogP contribution is -2.53. The van der Waals surface area contributed by atoms with E-state index < -0.39 is 81.2 Å². The number of para-hydroxylation sites is 2. The van der Waals surface area contributed by atoms with Gasteiger partial charge in [-0.2, -0.15) is 18.2 Å². The molecule has 318 valence electrons. The molecule has 4 heterocycles.